The summed E-state index contributed by atoms with van der Waals surface area (Å²) in [7, 11) is 0. The number of fused-ring (bicyclic) bond motifs is 1. The SMILES string of the molecule is FC(F)Oc1cc(Cl)cc2[nH]c(CBr)nc12. The Bertz CT molecular complexity index is 517. The number of rotatable bonds is 3. The number of imidazole rings is 1. The number of H-pyrrole nitrogens is 1. The highest BCUT2D eigenvalue weighted by molar-refractivity contribution is 9.08. The third-order valence-electron chi connectivity index (χ3n) is 1.91. The van der Waals surface area contributed by atoms with Crippen LogP contribution in [0, 0.1) is 0 Å². The van der Waals surface area contributed by atoms with Crippen LogP contribution in [-0.4, -0.2) is 16.6 Å². The average Bonchev–Trinajstić information content (AvgIpc) is 2.59. The second kappa shape index (κ2) is 4.55. The molecule has 0 aliphatic heterocycles. The summed E-state index contributed by atoms with van der Waals surface area (Å²) in [6.45, 7) is -2.90. The highest BCUT2D eigenvalue weighted by atomic mass is 79.9. The van der Waals surface area contributed by atoms with Crippen molar-refractivity contribution in [3.63, 3.8) is 0 Å². The van der Waals surface area contributed by atoms with E-state index < -0.39 is 6.61 Å². The van der Waals surface area contributed by atoms with E-state index in [1.165, 1.54) is 6.07 Å². The Hall–Kier alpha value is -0.880. The van der Waals surface area contributed by atoms with Gasteiger partial charge in [0.25, 0.3) is 0 Å². The smallest absolute Gasteiger partial charge is 0.387 e. The number of aromatic nitrogens is 2. The molecule has 0 fully saturated rings. The minimum absolute atomic E-state index is 0.0269. The Kier molecular flexibility index (Phi) is 3.30. The van der Waals surface area contributed by atoms with Gasteiger partial charge in [0.1, 0.15) is 11.3 Å². The van der Waals surface area contributed by atoms with E-state index in [2.05, 4.69) is 30.6 Å². The highest BCUT2D eigenvalue weighted by Gasteiger charge is 2.13. The molecule has 3 nitrogen and oxygen atoms in total. The molecule has 0 radical (unpaired) electrons. The number of hydrogen-bond acceptors (Lipinski definition) is 2. The third kappa shape index (κ3) is 2.27. The van der Waals surface area contributed by atoms with Gasteiger partial charge in [0.15, 0.2) is 5.75 Å². The number of ether oxygens (including phenoxy) is 1. The summed E-state index contributed by atoms with van der Waals surface area (Å²) in [5, 5.41) is 0.806. The van der Waals surface area contributed by atoms with Crippen molar-refractivity contribution in [2.45, 2.75) is 11.9 Å². The van der Waals surface area contributed by atoms with Crippen LogP contribution in [0.3, 0.4) is 0 Å². The second-order valence-corrected chi connectivity index (χ2v) is 3.99. The van der Waals surface area contributed by atoms with E-state index in [-0.39, 0.29) is 5.75 Å². The highest BCUT2D eigenvalue weighted by Crippen LogP contribution is 2.29. The van der Waals surface area contributed by atoms with Gasteiger partial charge in [-0.15, -0.1) is 0 Å². The number of nitrogens with one attached hydrogen (secondary N) is 1. The maximum atomic E-state index is 12.2. The largest absolute Gasteiger partial charge is 0.432 e. The van der Waals surface area contributed by atoms with E-state index >= 15 is 0 Å². The van der Waals surface area contributed by atoms with Crippen molar-refractivity contribution in [3.05, 3.63) is 23.0 Å². The molecule has 7 heteroatoms. The zero-order valence-electron chi connectivity index (χ0n) is 7.81. The molecule has 0 amide bonds. The molecule has 0 saturated heterocycles. The second-order valence-electron chi connectivity index (χ2n) is 3.00. The van der Waals surface area contributed by atoms with Gasteiger partial charge in [0.2, 0.25) is 0 Å². The van der Waals surface area contributed by atoms with E-state index in [9.17, 15) is 8.78 Å². The van der Waals surface area contributed by atoms with Gasteiger partial charge in [0.05, 0.1) is 10.8 Å². The Morgan fingerprint density at radius 3 is 2.88 bits per heavy atom. The minimum atomic E-state index is -2.90. The summed E-state index contributed by atoms with van der Waals surface area (Å²) in [4.78, 5) is 7.04. The van der Waals surface area contributed by atoms with Crippen LogP contribution in [0.4, 0.5) is 8.78 Å². The molecule has 16 heavy (non-hydrogen) atoms. The van der Waals surface area contributed by atoms with Gasteiger partial charge < -0.3 is 9.72 Å². The normalized spacial score (nSPS) is 11.3. The predicted molar refractivity (Wildman–Crippen MR) is 60.4 cm³/mol. The third-order valence-corrected chi connectivity index (χ3v) is 2.66. The Labute approximate surface area is 103 Å². The number of alkyl halides is 3. The lowest BCUT2D eigenvalue weighted by atomic mass is 10.3. The lowest BCUT2D eigenvalue weighted by Gasteiger charge is -2.04. The summed E-state index contributed by atoms with van der Waals surface area (Å²) in [5.74, 6) is 0.595. The molecule has 1 aromatic carbocycles. The zero-order valence-corrected chi connectivity index (χ0v) is 10.1. The zero-order chi connectivity index (χ0) is 11.7. The van der Waals surface area contributed by atoms with Crippen LogP contribution in [-0.2, 0) is 5.33 Å². The lowest BCUT2D eigenvalue weighted by Crippen LogP contribution is -2.02. The van der Waals surface area contributed by atoms with E-state index in [0.717, 1.165) is 0 Å². The molecule has 0 aliphatic carbocycles. The number of nitrogens with zero attached hydrogens (tertiary/aromatic N) is 1. The molecule has 0 unspecified atom stereocenters. The average molecular weight is 312 g/mol. The van der Waals surface area contributed by atoms with Crippen LogP contribution in [0.1, 0.15) is 5.82 Å². The lowest BCUT2D eigenvalue weighted by molar-refractivity contribution is -0.0489. The summed E-state index contributed by atoms with van der Waals surface area (Å²) < 4.78 is 28.7. The fourth-order valence-electron chi connectivity index (χ4n) is 1.35. The summed E-state index contributed by atoms with van der Waals surface area (Å²) in [5.41, 5.74) is 0.914. The predicted octanol–water partition coefficient (Wildman–Crippen LogP) is 3.71. The van der Waals surface area contributed by atoms with Crippen LogP contribution in [0.2, 0.25) is 5.02 Å². The molecule has 0 atom stereocenters. The molecule has 0 saturated carbocycles. The summed E-state index contributed by atoms with van der Waals surface area (Å²) in [6.07, 6.45) is 0. The van der Waals surface area contributed by atoms with Crippen LogP contribution in [0.5, 0.6) is 5.75 Å². The van der Waals surface area contributed by atoms with E-state index in [0.29, 0.717) is 27.2 Å². The van der Waals surface area contributed by atoms with Gasteiger partial charge in [-0.25, -0.2) is 4.98 Å². The minimum Gasteiger partial charge on any atom is -0.432 e. The molecular weight excluding hydrogens is 305 g/mol. The van der Waals surface area contributed by atoms with Crippen LogP contribution in [0.25, 0.3) is 11.0 Å². The van der Waals surface area contributed by atoms with Gasteiger partial charge in [-0.2, -0.15) is 8.78 Å². The van der Waals surface area contributed by atoms with Crippen molar-refractivity contribution in [1.29, 1.82) is 0 Å². The molecule has 0 bridgehead atoms. The molecular formula is C9H6BrClF2N2O. The Balaban J connectivity index is 2.56. The van der Waals surface area contributed by atoms with E-state index in [1.54, 1.807) is 6.07 Å². The van der Waals surface area contributed by atoms with Crippen molar-refractivity contribution < 1.29 is 13.5 Å². The maximum Gasteiger partial charge on any atom is 0.387 e. The molecule has 86 valence electrons. The number of hydrogen-bond donors (Lipinski definition) is 1. The molecule has 1 heterocycles. The first-order valence-electron chi connectivity index (χ1n) is 4.29. The molecule has 0 spiro atoms. The topological polar surface area (TPSA) is 37.9 Å². The van der Waals surface area contributed by atoms with Crippen molar-refractivity contribution in [1.82, 2.24) is 9.97 Å². The first-order valence-corrected chi connectivity index (χ1v) is 5.79. The van der Waals surface area contributed by atoms with Gasteiger partial charge >= 0.3 is 6.61 Å². The first kappa shape index (κ1) is 11.6. The number of halogens is 4. The number of aromatic amines is 1. The molecule has 2 rings (SSSR count). The van der Waals surface area contributed by atoms with Gasteiger partial charge in [0, 0.05) is 11.1 Å². The first-order chi connectivity index (χ1) is 7.60. The standard InChI is InChI=1S/C9H6BrClF2N2O/c10-3-7-14-5-1-4(11)2-6(8(5)15-7)16-9(12)13/h1-2,9H,3H2,(H,14,15). The maximum absolute atomic E-state index is 12.2. The van der Waals surface area contributed by atoms with Crippen LogP contribution >= 0.6 is 27.5 Å². The van der Waals surface area contributed by atoms with Gasteiger partial charge in [-0.1, -0.05) is 27.5 Å². The molecule has 1 N–H and O–H groups in total. The van der Waals surface area contributed by atoms with E-state index in [4.69, 9.17) is 11.6 Å². The van der Waals surface area contributed by atoms with Crippen LogP contribution < -0.4 is 4.74 Å². The summed E-state index contributed by atoms with van der Waals surface area (Å²) in [6, 6.07) is 2.92. The molecule has 0 aliphatic rings. The monoisotopic (exact) mass is 310 g/mol. The van der Waals surface area contributed by atoms with E-state index in [1.807, 2.05) is 0 Å². The fraction of sp³-hybridized carbons (Fsp3) is 0.222. The molecule has 1 aromatic heterocycles. The van der Waals surface area contributed by atoms with Gasteiger partial charge in [-0.05, 0) is 6.07 Å². The van der Waals surface area contributed by atoms with Crippen molar-refractivity contribution in [2.75, 3.05) is 0 Å². The summed E-state index contributed by atoms with van der Waals surface area (Å²) >= 11 is 8.99. The Morgan fingerprint density at radius 2 is 2.25 bits per heavy atom. The fourth-order valence-corrected chi connectivity index (χ4v) is 1.83. The van der Waals surface area contributed by atoms with Gasteiger partial charge in [-0.3, -0.25) is 0 Å². The number of benzene rings is 1. The Morgan fingerprint density at radius 1 is 1.50 bits per heavy atom. The quantitative estimate of drug-likeness (QED) is 0.877. The van der Waals surface area contributed by atoms with Crippen molar-refractivity contribution in [2.24, 2.45) is 0 Å². The van der Waals surface area contributed by atoms with Crippen molar-refractivity contribution >= 4 is 38.6 Å². The molecule has 2 aromatic rings. The van der Waals surface area contributed by atoms with Crippen LogP contribution in [0.15, 0.2) is 12.1 Å². The van der Waals surface area contributed by atoms with Crippen molar-refractivity contribution in [3.8, 4) is 5.75 Å².